The maximum absolute atomic E-state index is 3.46. The van der Waals surface area contributed by atoms with Crippen LogP contribution in [0.15, 0.2) is 304 Å². The summed E-state index contributed by atoms with van der Waals surface area (Å²) in [6.07, 6.45) is 14.6. The van der Waals surface area contributed by atoms with Gasteiger partial charge in [0.1, 0.15) is 0 Å². The van der Waals surface area contributed by atoms with Crippen LogP contribution in [0, 0.1) is 0 Å². The lowest BCUT2D eigenvalue weighted by molar-refractivity contribution is 0.745. The van der Waals surface area contributed by atoms with Gasteiger partial charge in [0, 0.05) is 72.5 Å². The van der Waals surface area contributed by atoms with E-state index in [9.17, 15) is 0 Å². The number of thiophene rings is 1. The Morgan fingerprint density at radius 1 is 0.400 bits per heavy atom. The molecule has 0 saturated heterocycles. The zero-order chi connectivity index (χ0) is 63.9. The first-order valence-corrected chi connectivity index (χ1v) is 33.3. The second kappa shape index (κ2) is 33.0. The number of fused-ring (bicyclic) bond motifs is 9. The fourth-order valence-electron chi connectivity index (χ4n) is 11.9. The lowest BCUT2D eigenvalue weighted by Gasteiger charge is -2.34. The SMILES string of the molecule is C=C/C=C\C.CC.CC.CC.CC.CC.CN(c1ccc(-c2ccc3sc4cc5c6c(cccc6c4c3c2)-c2ccccc2N5c2cccc(-c3ccccc3)c2)cc1)c1ccc2c(c1)C1C=CC=CC1N2c1ccccc1.c1ccc(-c2ccccc2)cc1. The number of para-hydroxylation sites is 2. The number of rotatable bonds is 8. The standard InChI is InChI=1S/C59H41N3S.C12H10.C5H8.5C2H6/c1-60(44-31-32-54-50(36-44)47-21-9-11-25-53(47)61(54)43-17-6-3-7-18-43)42-29-26-39(27-30-42)41-28-33-56-51(35-41)59-49-23-13-22-48-46-20-8-10-24-52(46)62(55(58(48)49)37-57(59)63-56)45-19-12-16-40(34-45)38-14-4-2-5-15-38;1-3-7-11(8-4-1)12-9-5-2-6-10-12;1-3-5-4-2;5*1-2/h2-37,47,53H,1H3;1-10H;3-5H,1H2,2H3;5*1-2H3/b;;5-4-;;;;;. The fraction of sp³-hybridized carbons (Fsp3) is 0.163. The fourth-order valence-corrected chi connectivity index (χ4v) is 13.1. The molecule has 0 amide bonds. The topological polar surface area (TPSA) is 9.72 Å². The average Bonchev–Trinajstić information content (AvgIpc) is 1.24. The summed E-state index contributed by atoms with van der Waals surface area (Å²) in [5.74, 6) is 0.314. The van der Waals surface area contributed by atoms with E-state index in [4.69, 9.17) is 0 Å². The molecule has 1 aromatic heterocycles. The van der Waals surface area contributed by atoms with Gasteiger partial charge >= 0.3 is 0 Å². The summed E-state index contributed by atoms with van der Waals surface area (Å²) < 4.78 is 2.60. The molecule has 2 aliphatic heterocycles. The summed E-state index contributed by atoms with van der Waals surface area (Å²) in [6.45, 7) is 25.4. The van der Waals surface area contributed by atoms with E-state index in [-0.39, 0.29) is 6.04 Å². The largest absolute Gasteiger partial charge is 0.345 e. The number of anilines is 7. The van der Waals surface area contributed by atoms with Crippen LogP contribution in [0.1, 0.15) is 87.6 Å². The van der Waals surface area contributed by atoms with Crippen LogP contribution in [0.4, 0.5) is 39.8 Å². The molecular formula is C86H89N3S. The predicted molar refractivity (Wildman–Crippen MR) is 403 cm³/mol. The third-order valence-electron chi connectivity index (χ3n) is 15.7. The minimum atomic E-state index is 0.276. The maximum atomic E-state index is 3.46. The molecule has 15 rings (SSSR count). The Morgan fingerprint density at radius 3 is 1.53 bits per heavy atom. The van der Waals surface area contributed by atoms with Gasteiger partial charge in [0.25, 0.3) is 0 Å². The second-order valence-electron chi connectivity index (χ2n) is 20.4. The van der Waals surface area contributed by atoms with E-state index in [1.807, 2.05) is 112 Å². The highest BCUT2D eigenvalue weighted by Crippen LogP contribution is 2.55. The third-order valence-corrected chi connectivity index (χ3v) is 16.8. The highest BCUT2D eigenvalue weighted by Gasteiger charge is 2.38. The Kier molecular flexibility index (Phi) is 24.3. The minimum absolute atomic E-state index is 0.276. The Bertz CT molecular complexity index is 4250. The minimum Gasteiger partial charge on any atom is -0.345 e. The van der Waals surface area contributed by atoms with Gasteiger partial charge in [-0.2, -0.15) is 0 Å². The summed E-state index contributed by atoms with van der Waals surface area (Å²) in [7, 11) is 2.18. The van der Waals surface area contributed by atoms with Gasteiger partial charge in [0.15, 0.2) is 0 Å². The molecule has 12 aromatic rings. The van der Waals surface area contributed by atoms with Crippen molar-refractivity contribution in [2.24, 2.45) is 0 Å². The lowest BCUT2D eigenvalue weighted by atomic mass is 9.89. The van der Waals surface area contributed by atoms with Crippen molar-refractivity contribution in [2.75, 3.05) is 21.7 Å². The highest BCUT2D eigenvalue weighted by atomic mass is 32.1. The second-order valence-corrected chi connectivity index (χ2v) is 21.5. The number of hydrogen-bond acceptors (Lipinski definition) is 4. The van der Waals surface area contributed by atoms with Gasteiger partial charge in [0.2, 0.25) is 0 Å². The van der Waals surface area contributed by atoms with E-state index in [1.165, 1.54) is 109 Å². The van der Waals surface area contributed by atoms with Gasteiger partial charge < -0.3 is 14.7 Å². The monoisotopic (exact) mass is 1200 g/mol. The first-order valence-electron chi connectivity index (χ1n) is 32.5. The first-order chi connectivity index (χ1) is 44.5. The van der Waals surface area contributed by atoms with E-state index in [2.05, 4.69) is 295 Å². The van der Waals surface area contributed by atoms with Crippen LogP contribution in [0.5, 0.6) is 0 Å². The van der Waals surface area contributed by atoms with Gasteiger partial charge in [0.05, 0.1) is 17.4 Å². The molecule has 90 heavy (non-hydrogen) atoms. The van der Waals surface area contributed by atoms with Gasteiger partial charge in [-0.15, -0.1) is 11.3 Å². The van der Waals surface area contributed by atoms with Crippen molar-refractivity contribution in [2.45, 2.75) is 88.1 Å². The quantitative estimate of drug-likeness (QED) is 0.140. The summed E-state index contributed by atoms with van der Waals surface area (Å²) in [6, 6.07) is 92.8. The third kappa shape index (κ3) is 14.1. The first kappa shape index (κ1) is 66.2. The van der Waals surface area contributed by atoms with Crippen molar-refractivity contribution in [3.05, 3.63) is 309 Å². The molecule has 11 aromatic carbocycles. The molecule has 0 saturated carbocycles. The van der Waals surface area contributed by atoms with Crippen molar-refractivity contribution < 1.29 is 0 Å². The van der Waals surface area contributed by atoms with Gasteiger partial charge in [-0.05, 0) is 136 Å². The number of nitrogens with zero attached hydrogens (tertiary/aromatic N) is 3. The highest BCUT2D eigenvalue weighted by molar-refractivity contribution is 7.26. The molecule has 454 valence electrons. The Labute approximate surface area is 542 Å². The van der Waals surface area contributed by atoms with E-state index < -0.39 is 0 Å². The summed E-state index contributed by atoms with van der Waals surface area (Å²) in [4.78, 5) is 7.28. The molecule has 3 heterocycles. The van der Waals surface area contributed by atoms with Crippen molar-refractivity contribution in [3.63, 3.8) is 0 Å². The molecule has 2 atom stereocenters. The van der Waals surface area contributed by atoms with Crippen molar-refractivity contribution >= 4 is 82.1 Å². The summed E-state index contributed by atoms with van der Waals surface area (Å²) >= 11 is 1.89. The van der Waals surface area contributed by atoms with Crippen LogP contribution in [0.3, 0.4) is 0 Å². The molecule has 0 N–H and O–H groups in total. The Morgan fingerprint density at radius 2 is 0.911 bits per heavy atom. The van der Waals surface area contributed by atoms with Crippen LogP contribution in [-0.4, -0.2) is 13.1 Å². The summed E-state index contributed by atoms with van der Waals surface area (Å²) in [5.41, 5.74) is 19.8. The molecule has 1 aliphatic carbocycles. The van der Waals surface area contributed by atoms with Crippen LogP contribution in [0.25, 0.3) is 75.5 Å². The predicted octanol–water partition coefficient (Wildman–Crippen LogP) is 26.7. The number of allylic oxidation sites excluding steroid dienone is 5. The number of hydrogen-bond donors (Lipinski definition) is 0. The van der Waals surface area contributed by atoms with Gasteiger partial charge in [-0.1, -0.05) is 294 Å². The van der Waals surface area contributed by atoms with Crippen molar-refractivity contribution in [1.82, 2.24) is 0 Å². The smallest absolute Gasteiger partial charge is 0.0629 e. The molecule has 0 spiro atoms. The van der Waals surface area contributed by atoms with Crippen LogP contribution in [0.2, 0.25) is 0 Å². The maximum Gasteiger partial charge on any atom is 0.0629 e. The molecule has 0 bridgehead atoms. The van der Waals surface area contributed by atoms with Crippen molar-refractivity contribution in [3.8, 4) is 44.5 Å². The zero-order valence-electron chi connectivity index (χ0n) is 54.9. The van der Waals surface area contributed by atoms with E-state index >= 15 is 0 Å². The molecule has 0 radical (unpaired) electrons. The van der Waals surface area contributed by atoms with E-state index in [0.717, 1.165) is 11.4 Å². The van der Waals surface area contributed by atoms with Gasteiger partial charge in [-0.25, -0.2) is 0 Å². The Hall–Kier alpha value is -9.74. The van der Waals surface area contributed by atoms with E-state index in [0.29, 0.717) is 5.92 Å². The van der Waals surface area contributed by atoms with Crippen LogP contribution in [-0.2, 0) is 0 Å². The summed E-state index contributed by atoms with van der Waals surface area (Å²) in [5, 5.41) is 5.24. The molecule has 2 unspecified atom stereocenters. The molecular weight excluding hydrogens is 1110 g/mol. The lowest BCUT2D eigenvalue weighted by Crippen LogP contribution is -2.28. The molecule has 3 nitrogen and oxygen atoms in total. The van der Waals surface area contributed by atoms with Crippen LogP contribution < -0.4 is 14.7 Å². The molecule has 0 fully saturated rings. The molecule has 4 heteroatoms. The number of benzene rings is 11. The molecule has 3 aliphatic rings. The zero-order valence-corrected chi connectivity index (χ0v) is 55.7. The van der Waals surface area contributed by atoms with Gasteiger partial charge in [-0.3, -0.25) is 0 Å². The Balaban J connectivity index is 0.000000329. The van der Waals surface area contributed by atoms with E-state index in [1.54, 1.807) is 6.08 Å². The van der Waals surface area contributed by atoms with Crippen molar-refractivity contribution in [1.29, 1.82) is 0 Å². The average molecular weight is 1200 g/mol. The normalized spacial score (nSPS) is 13.2. The van der Waals surface area contributed by atoms with Crippen LogP contribution >= 0.6 is 11.3 Å².